The van der Waals surface area contributed by atoms with Crippen LogP contribution in [0.15, 0.2) is 0 Å². The first-order valence-electron chi connectivity index (χ1n) is 2.69. The summed E-state index contributed by atoms with van der Waals surface area (Å²) < 4.78 is 52.2. The predicted molar refractivity (Wildman–Crippen MR) is 32.0 cm³/mol. The highest BCUT2D eigenvalue weighted by atomic mass is 32.2. The number of alkyl halides is 3. The number of hydrogen-bond donors (Lipinski definition) is 0. The van der Waals surface area contributed by atoms with Gasteiger partial charge in [-0.1, -0.05) is 0 Å². The summed E-state index contributed by atoms with van der Waals surface area (Å²) in [5.41, 5.74) is 0. The lowest BCUT2D eigenvalue weighted by Crippen LogP contribution is -2.10. The average Bonchev–Trinajstić information content (AvgIpc) is 1.97. The van der Waals surface area contributed by atoms with Crippen LogP contribution in [0.25, 0.3) is 0 Å². The van der Waals surface area contributed by atoms with Crippen molar-refractivity contribution in [2.24, 2.45) is 0 Å². The maximum absolute atomic E-state index is 11.3. The van der Waals surface area contributed by atoms with Gasteiger partial charge >= 0.3 is 11.4 Å². The van der Waals surface area contributed by atoms with Gasteiger partial charge in [0, 0.05) is 0 Å². The molecule has 1 atom stereocenters. The SMILES string of the molecule is O=S(OCCF)OCC(F)F. The fraction of sp³-hybridized carbons (Fsp3) is 1.00. The molecule has 7 heteroatoms. The molecule has 11 heavy (non-hydrogen) atoms. The first-order chi connectivity index (χ1) is 5.16. The van der Waals surface area contributed by atoms with Crippen molar-refractivity contribution in [1.29, 1.82) is 0 Å². The van der Waals surface area contributed by atoms with Gasteiger partial charge in [0.2, 0.25) is 0 Å². The molecular weight excluding hydrogens is 185 g/mol. The van der Waals surface area contributed by atoms with Crippen LogP contribution in [0.1, 0.15) is 0 Å². The van der Waals surface area contributed by atoms with Gasteiger partial charge in [-0.2, -0.15) is 4.21 Å². The van der Waals surface area contributed by atoms with Crippen molar-refractivity contribution in [3.8, 4) is 0 Å². The van der Waals surface area contributed by atoms with E-state index >= 15 is 0 Å². The van der Waals surface area contributed by atoms with Gasteiger partial charge in [-0.15, -0.1) is 0 Å². The Bertz CT molecular complexity index is 121. The Labute approximate surface area is 64.4 Å². The summed E-state index contributed by atoms with van der Waals surface area (Å²) in [6.45, 7) is -2.22. The van der Waals surface area contributed by atoms with Crippen LogP contribution in [0, 0.1) is 0 Å². The van der Waals surface area contributed by atoms with Crippen LogP contribution in [-0.2, 0) is 19.7 Å². The van der Waals surface area contributed by atoms with Gasteiger partial charge in [0.1, 0.15) is 13.3 Å². The first-order valence-corrected chi connectivity index (χ1v) is 3.69. The molecule has 0 aromatic heterocycles. The number of rotatable bonds is 6. The molecule has 0 saturated heterocycles. The smallest absolute Gasteiger partial charge is 0.266 e. The molecule has 0 aliphatic heterocycles. The molecule has 0 spiro atoms. The average molecular weight is 192 g/mol. The van der Waals surface area contributed by atoms with Gasteiger partial charge < -0.3 is 0 Å². The minimum Gasteiger partial charge on any atom is -0.266 e. The van der Waals surface area contributed by atoms with Crippen LogP contribution in [-0.4, -0.2) is 30.5 Å². The van der Waals surface area contributed by atoms with E-state index in [4.69, 9.17) is 0 Å². The summed E-state index contributed by atoms with van der Waals surface area (Å²) >= 11 is -2.26. The van der Waals surface area contributed by atoms with E-state index in [9.17, 15) is 17.4 Å². The lowest BCUT2D eigenvalue weighted by Gasteiger charge is -2.00. The second kappa shape index (κ2) is 6.56. The third-order valence-electron chi connectivity index (χ3n) is 0.547. The van der Waals surface area contributed by atoms with E-state index in [1.165, 1.54) is 0 Å². The Kier molecular flexibility index (Phi) is 6.48. The molecule has 0 amide bonds. The fourth-order valence-electron chi connectivity index (χ4n) is 0.241. The molecule has 0 fully saturated rings. The maximum Gasteiger partial charge on any atom is 0.304 e. The van der Waals surface area contributed by atoms with Gasteiger partial charge in [0.25, 0.3) is 6.43 Å². The summed E-state index contributed by atoms with van der Waals surface area (Å²) in [5, 5.41) is 0. The Morgan fingerprint density at radius 2 is 2.00 bits per heavy atom. The van der Waals surface area contributed by atoms with Crippen molar-refractivity contribution in [1.82, 2.24) is 0 Å². The van der Waals surface area contributed by atoms with Crippen molar-refractivity contribution in [2.45, 2.75) is 6.43 Å². The summed E-state index contributed by atoms with van der Waals surface area (Å²) in [7, 11) is 0. The molecular formula is C4H7F3O3S. The number of hydrogen-bond acceptors (Lipinski definition) is 3. The maximum atomic E-state index is 11.3. The fourth-order valence-corrected chi connectivity index (χ4v) is 0.722. The van der Waals surface area contributed by atoms with Crippen LogP contribution >= 0.6 is 0 Å². The largest absolute Gasteiger partial charge is 0.304 e. The molecule has 0 rings (SSSR count). The Balaban J connectivity index is 3.23. The molecule has 0 heterocycles. The zero-order chi connectivity index (χ0) is 8.69. The molecule has 0 N–H and O–H groups in total. The third kappa shape index (κ3) is 7.76. The topological polar surface area (TPSA) is 35.5 Å². The van der Waals surface area contributed by atoms with Crippen molar-refractivity contribution in [2.75, 3.05) is 19.9 Å². The minimum absolute atomic E-state index is 0.421. The second-order valence-electron chi connectivity index (χ2n) is 1.39. The lowest BCUT2D eigenvalue weighted by molar-refractivity contribution is 0.0797. The van der Waals surface area contributed by atoms with Crippen LogP contribution in [0.2, 0.25) is 0 Å². The van der Waals surface area contributed by atoms with Gasteiger partial charge in [0.05, 0.1) is 6.61 Å². The quantitative estimate of drug-likeness (QED) is 0.625. The normalized spacial score (nSPS) is 13.8. The molecule has 0 radical (unpaired) electrons. The Morgan fingerprint density at radius 3 is 2.45 bits per heavy atom. The van der Waals surface area contributed by atoms with Crippen LogP contribution in [0.3, 0.4) is 0 Å². The lowest BCUT2D eigenvalue weighted by atomic mass is 10.8. The molecule has 1 unspecified atom stereocenters. The zero-order valence-electron chi connectivity index (χ0n) is 5.47. The van der Waals surface area contributed by atoms with Crippen molar-refractivity contribution in [3.05, 3.63) is 0 Å². The summed E-state index contributed by atoms with van der Waals surface area (Å²) in [5.74, 6) is 0. The van der Waals surface area contributed by atoms with E-state index in [0.717, 1.165) is 0 Å². The molecule has 68 valence electrons. The Hall–Kier alpha value is -0.140. The second-order valence-corrected chi connectivity index (χ2v) is 2.27. The molecule has 0 bridgehead atoms. The summed E-state index contributed by atoms with van der Waals surface area (Å²) in [6, 6.07) is 0. The minimum atomic E-state index is -2.70. The van der Waals surface area contributed by atoms with Gasteiger partial charge in [-0.3, -0.25) is 8.37 Å². The van der Waals surface area contributed by atoms with Crippen LogP contribution in [0.4, 0.5) is 13.2 Å². The molecule has 0 aromatic carbocycles. The number of halogens is 3. The van der Waals surface area contributed by atoms with E-state index in [2.05, 4.69) is 8.37 Å². The van der Waals surface area contributed by atoms with Crippen molar-refractivity contribution in [3.63, 3.8) is 0 Å². The third-order valence-corrected chi connectivity index (χ3v) is 1.23. The summed E-state index contributed by atoms with van der Waals surface area (Å²) in [6.07, 6.45) is -2.70. The highest BCUT2D eigenvalue weighted by Crippen LogP contribution is 1.96. The van der Waals surface area contributed by atoms with Gasteiger partial charge in [-0.05, 0) is 0 Å². The molecule has 0 aromatic rings. The van der Waals surface area contributed by atoms with E-state index in [0.29, 0.717) is 0 Å². The standard InChI is InChI=1S/C4H7F3O3S/c5-1-2-9-11(8)10-3-4(6)7/h4H,1-3H2. The predicted octanol–water partition coefficient (Wildman–Crippen LogP) is 0.833. The summed E-state index contributed by atoms with van der Waals surface area (Å²) in [4.78, 5) is 0. The van der Waals surface area contributed by atoms with Crippen molar-refractivity contribution >= 4 is 11.4 Å². The Morgan fingerprint density at radius 1 is 1.36 bits per heavy atom. The van der Waals surface area contributed by atoms with Crippen molar-refractivity contribution < 1.29 is 25.7 Å². The monoisotopic (exact) mass is 192 g/mol. The van der Waals surface area contributed by atoms with E-state index in [1.807, 2.05) is 0 Å². The van der Waals surface area contributed by atoms with Crippen LogP contribution < -0.4 is 0 Å². The highest BCUT2D eigenvalue weighted by Gasteiger charge is 2.06. The van der Waals surface area contributed by atoms with Crippen LogP contribution in [0.5, 0.6) is 0 Å². The van der Waals surface area contributed by atoms with E-state index in [-0.39, 0.29) is 0 Å². The highest BCUT2D eigenvalue weighted by molar-refractivity contribution is 7.75. The first kappa shape index (κ1) is 10.9. The molecule has 0 aliphatic carbocycles. The van der Waals surface area contributed by atoms with Gasteiger partial charge in [-0.25, -0.2) is 13.2 Å². The molecule has 3 nitrogen and oxygen atoms in total. The molecule has 0 saturated carbocycles. The zero-order valence-corrected chi connectivity index (χ0v) is 6.28. The van der Waals surface area contributed by atoms with E-state index < -0.39 is 37.7 Å². The molecule has 0 aliphatic rings. The van der Waals surface area contributed by atoms with Gasteiger partial charge in [0.15, 0.2) is 0 Å². The van der Waals surface area contributed by atoms with E-state index in [1.54, 1.807) is 0 Å².